The van der Waals surface area contributed by atoms with Gasteiger partial charge in [0.15, 0.2) is 16.1 Å². The molecule has 0 N–H and O–H groups in total. The van der Waals surface area contributed by atoms with Gasteiger partial charge in [-0.15, -0.1) is 0 Å². The van der Waals surface area contributed by atoms with E-state index in [0.717, 1.165) is 54.4 Å². The summed E-state index contributed by atoms with van der Waals surface area (Å²) in [6, 6.07) is 40.9. The number of thiophene rings is 2. The first-order valence-corrected chi connectivity index (χ1v) is 17.3. The second kappa shape index (κ2) is 10.6. The molecule has 1 aliphatic heterocycles. The van der Waals surface area contributed by atoms with Crippen LogP contribution in [0.15, 0.2) is 124 Å². The number of rotatable bonds is 5. The van der Waals surface area contributed by atoms with Crippen molar-refractivity contribution in [2.24, 2.45) is 0 Å². The van der Waals surface area contributed by atoms with E-state index in [2.05, 4.69) is 127 Å². The molecule has 5 aromatic carbocycles. The highest BCUT2D eigenvalue weighted by Crippen LogP contribution is 2.47. The summed E-state index contributed by atoms with van der Waals surface area (Å²) in [6.07, 6.45) is -0.312. The fourth-order valence-corrected chi connectivity index (χ4v) is 8.92. The Labute approximate surface area is 277 Å². The predicted molar refractivity (Wildman–Crippen MR) is 194 cm³/mol. The minimum atomic E-state index is -0.312. The van der Waals surface area contributed by atoms with Gasteiger partial charge < -0.3 is 23.2 Å². The smallest absolute Gasteiger partial charge is 0.189 e. The molecule has 1 saturated heterocycles. The first kappa shape index (κ1) is 27.2. The lowest BCUT2D eigenvalue weighted by Crippen LogP contribution is -2.10. The Kier molecular flexibility index (Phi) is 6.11. The van der Waals surface area contributed by atoms with Gasteiger partial charge in [-0.25, -0.2) is 0 Å². The summed E-state index contributed by atoms with van der Waals surface area (Å²) in [5.74, 6) is 0. The van der Waals surface area contributed by atoms with Gasteiger partial charge >= 0.3 is 0 Å². The van der Waals surface area contributed by atoms with Crippen LogP contribution in [0.3, 0.4) is 0 Å². The Morgan fingerprint density at radius 1 is 0.574 bits per heavy atom. The Morgan fingerprint density at radius 2 is 1.21 bits per heavy atom. The SMILES string of the molecule is Cc1ccc2oc3sc(-c4cc5c(oc6ccc(N(c7ccc(C8OCCO8)cc7)c7cccc8ccccc78)cc65)s4)cc3c2c1. The number of ether oxygens (including phenoxy) is 2. The quantitative estimate of drug-likeness (QED) is 0.186. The molecule has 9 aromatic rings. The van der Waals surface area contributed by atoms with Crippen LogP contribution in [0.5, 0.6) is 0 Å². The topological polar surface area (TPSA) is 48.0 Å². The van der Waals surface area contributed by atoms with Gasteiger partial charge in [0.1, 0.15) is 11.2 Å². The van der Waals surface area contributed by atoms with Crippen LogP contribution in [0.4, 0.5) is 17.1 Å². The second-order valence-corrected chi connectivity index (χ2v) is 14.0. The number of hydrogen-bond acceptors (Lipinski definition) is 7. The van der Waals surface area contributed by atoms with E-state index < -0.39 is 0 Å². The maximum atomic E-state index is 6.44. The van der Waals surface area contributed by atoms with Crippen molar-refractivity contribution in [2.75, 3.05) is 18.1 Å². The standard InChI is InChI=1S/C40H27NO4S2/c1-23-9-15-34-29(19-23)31-21-36(46-39(31)44-34)37-22-32-30-20-27(14-16-35(30)45-40(32)47-37)41(33-8-4-6-24-5-2-3-7-28(24)33)26-12-10-25(11-13-26)38-42-17-18-43-38/h2-16,19-22,38H,17-18H2,1H3. The lowest BCUT2D eigenvalue weighted by atomic mass is 10.1. The highest BCUT2D eigenvalue weighted by molar-refractivity contribution is 7.28. The molecule has 10 rings (SSSR count). The van der Waals surface area contributed by atoms with Gasteiger partial charge in [-0.2, -0.15) is 0 Å². The molecule has 0 unspecified atom stereocenters. The van der Waals surface area contributed by atoms with E-state index in [0.29, 0.717) is 13.2 Å². The number of benzene rings is 5. The maximum absolute atomic E-state index is 6.44. The molecule has 4 aromatic heterocycles. The van der Waals surface area contributed by atoms with Gasteiger partial charge in [-0.05, 0) is 73.0 Å². The lowest BCUT2D eigenvalue weighted by Gasteiger charge is -2.27. The summed E-state index contributed by atoms with van der Waals surface area (Å²) in [4.78, 5) is 6.59. The predicted octanol–water partition coefficient (Wildman–Crippen LogP) is 12.3. The molecule has 0 bridgehead atoms. The molecule has 7 heteroatoms. The first-order chi connectivity index (χ1) is 23.2. The largest absolute Gasteiger partial charge is 0.445 e. The van der Waals surface area contributed by atoms with Gasteiger partial charge in [0.25, 0.3) is 0 Å². The van der Waals surface area contributed by atoms with E-state index in [-0.39, 0.29) is 6.29 Å². The van der Waals surface area contributed by atoms with Crippen LogP contribution >= 0.6 is 22.7 Å². The Morgan fingerprint density at radius 3 is 1.96 bits per heavy atom. The van der Waals surface area contributed by atoms with Crippen LogP contribution in [0.1, 0.15) is 17.4 Å². The third-order valence-electron chi connectivity index (χ3n) is 9.03. The summed E-state index contributed by atoms with van der Waals surface area (Å²) in [5, 5.41) is 6.93. The van der Waals surface area contributed by atoms with Crippen molar-refractivity contribution in [3.8, 4) is 9.75 Å². The van der Waals surface area contributed by atoms with E-state index in [4.69, 9.17) is 18.3 Å². The van der Waals surface area contributed by atoms with Crippen LogP contribution in [-0.2, 0) is 9.47 Å². The van der Waals surface area contributed by atoms with Crippen LogP contribution in [0.2, 0.25) is 0 Å². The second-order valence-electron chi connectivity index (χ2n) is 12.0. The number of anilines is 3. The van der Waals surface area contributed by atoms with Crippen LogP contribution < -0.4 is 4.90 Å². The Bertz CT molecular complexity index is 2610. The molecule has 5 heterocycles. The van der Waals surface area contributed by atoms with Crippen molar-refractivity contribution in [1.29, 1.82) is 0 Å². The summed E-state index contributed by atoms with van der Waals surface area (Å²) in [5.41, 5.74) is 7.29. The average Bonchev–Trinajstić information content (AvgIpc) is 3.93. The highest BCUT2D eigenvalue weighted by atomic mass is 32.1. The maximum Gasteiger partial charge on any atom is 0.189 e. The molecule has 1 fully saturated rings. The summed E-state index contributed by atoms with van der Waals surface area (Å²) >= 11 is 3.39. The van der Waals surface area contributed by atoms with Crippen molar-refractivity contribution in [3.05, 3.63) is 126 Å². The van der Waals surface area contributed by atoms with E-state index in [1.54, 1.807) is 22.7 Å². The number of nitrogens with zero attached hydrogens (tertiary/aromatic N) is 1. The molecule has 0 radical (unpaired) electrons. The zero-order chi connectivity index (χ0) is 31.1. The minimum Gasteiger partial charge on any atom is -0.445 e. The molecule has 5 nitrogen and oxygen atoms in total. The molecule has 1 aliphatic rings. The van der Waals surface area contributed by atoms with E-state index >= 15 is 0 Å². The molecule has 0 saturated carbocycles. The molecule has 0 aliphatic carbocycles. The molecule has 47 heavy (non-hydrogen) atoms. The lowest BCUT2D eigenvalue weighted by molar-refractivity contribution is -0.0441. The molecular formula is C40H27NO4S2. The van der Waals surface area contributed by atoms with Gasteiger partial charge in [0.05, 0.1) is 18.9 Å². The third kappa shape index (κ3) is 4.42. The van der Waals surface area contributed by atoms with Gasteiger partial charge in [-0.3, -0.25) is 0 Å². The van der Waals surface area contributed by atoms with Crippen LogP contribution in [0.25, 0.3) is 63.0 Å². The van der Waals surface area contributed by atoms with Crippen molar-refractivity contribution in [2.45, 2.75) is 13.2 Å². The third-order valence-corrected chi connectivity index (χ3v) is 11.3. The van der Waals surface area contributed by atoms with Crippen LogP contribution in [0, 0.1) is 6.92 Å². The number of fused-ring (bicyclic) bond motifs is 7. The molecule has 228 valence electrons. The molecule has 0 atom stereocenters. The zero-order valence-electron chi connectivity index (χ0n) is 25.4. The number of hydrogen-bond donors (Lipinski definition) is 0. The van der Waals surface area contributed by atoms with E-state index in [1.165, 1.54) is 36.9 Å². The van der Waals surface area contributed by atoms with E-state index in [1.807, 2.05) is 0 Å². The summed E-state index contributed by atoms with van der Waals surface area (Å²) < 4.78 is 24.2. The van der Waals surface area contributed by atoms with E-state index in [9.17, 15) is 0 Å². The Balaban J connectivity index is 1.10. The van der Waals surface area contributed by atoms with Gasteiger partial charge in [0.2, 0.25) is 0 Å². The van der Waals surface area contributed by atoms with Gasteiger partial charge in [-0.1, -0.05) is 82.8 Å². The van der Waals surface area contributed by atoms with Crippen molar-refractivity contribution >= 4 is 93.0 Å². The fraction of sp³-hybridized carbons (Fsp3) is 0.100. The zero-order valence-corrected chi connectivity index (χ0v) is 27.0. The van der Waals surface area contributed by atoms with Crippen LogP contribution in [-0.4, -0.2) is 13.2 Å². The molecule has 0 spiro atoms. The normalized spacial score (nSPS) is 14.1. The minimum absolute atomic E-state index is 0.312. The monoisotopic (exact) mass is 649 g/mol. The average molecular weight is 650 g/mol. The number of furan rings is 2. The molecular weight excluding hydrogens is 623 g/mol. The molecule has 0 amide bonds. The number of aryl methyl sites for hydroxylation is 1. The first-order valence-electron chi connectivity index (χ1n) is 15.7. The summed E-state index contributed by atoms with van der Waals surface area (Å²) in [7, 11) is 0. The van der Waals surface area contributed by atoms with Crippen molar-refractivity contribution < 1.29 is 18.3 Å². The van der Waals surface area contributed by atoms with Crippen molar-refractivity contribution in [3.63, 3.8) is 0 Å². The highest BCUT2D eigenvalue weighted by Gasteiger charge is 2.22. The van der Waals surface area contributed by atoms with Gasteiger partial charge in [0, 0.05) is 53.6 Å². The summed E-state index contributed by atoms with van der Waals surface area (Å²) in [6.45, 7) is 3.36. The Hall–Kier alpha value is -4.92. The fourth-order valence-electron chi connectivity index (χ4n) is 6.78. The van der Waals surface area contributed by atoms with Crippen molar-refractivity contribution in [1.82, 2.24) is 0 Å².